The second-order valence-corrected chi connectivity index (χ2v) is 16.0. The van der Waals surface area contributed by atoms with E-state index >= 15 is 0 Å². The number of benzene rings is 4. The van der Waals surface area contributed by atoms with Crippen molar-refractivity contribution in [2.45, 2.75) is 120 Å². The standard InChI is InChI=1S/2C20H20N.C13H22F2O2.Ir/c2*1-13(2)16-5-6-19-17(12-16)7-8-21-20(19)18-10-14(3)9-15(4)11-18;1-4-9(5-2)11(16)8-12(17)10(6-3)7-13(14)15;/h2*5-10,12-13H,1-4H3;8-10,13,17H,4-7H2,1-3H3;/q2*-1;;/b;;12-8-;/i2*7D,8D;;. The van der Waals surface area contributed by atoms with Gasteiger partial charge in [0.2, 0.25) is 6.43 Å². The fraction of sp³-hybridized carbons (Fsp3) is 0.377. The van der Waals surface area contributed by atoms with Crippen molar-refractivity contribution in [3.63, 3.8) is 0 Å². The number of ketones is 1. The Bertz CT molecular complexity index is 2400. The van der Waals surface area contributed by atoms with E-state index in [9.17, 15) is 18.7 Å². The minimum atomic E-state index is -2.46. The van der Waals surface area contributed by atoms with Gasteiger partial charge in [0.25, 0.3) is 0 Å². The summed E-state index contributed by atoms with van der Waals surface area (Å²) in [6, 6.07) is 27.5. The predicted octanol–water partition coefficient (Wildman–Crippen LogP) is 15.0. The van der Waals surface area contributed by atoms with Crippen molar-refractivity contribution >= 4 is 27.3 Å². The number of aliphatic hydroxyl groups excluding tert-OH is 1. The van der Waals surface area contributed by atoms with Crippen molar-refractivity contribution < 1.29 is 44.3 Å². The monoisotopic (exact) mass is 993 g/mol. The van der Waals surface area contributed by atoms with Gasteiger partial charge in [-0.25, -0.2) is 8.78 Å². The van der Waals surface area contributed by atoms with Crippen LogP contribution in [0.1, 0.15) is 125 Å². The number of fused-ring (bicyclic) bond motifs is 2. The number of carbonyl (C=O) groups is 1. The zero-order chi connectivity index (χ0) is 46.9. The molecular formula is C53H62F2IrN2O2-2. The van der Waals surface area contributed by atoms with Crippen molar-refractivity contribution in [2.75, 3.05) is 0 Å². The van der Waals surface area contributed by atoms with E-state index in [0.717, 1.165) is 72.4 Å². The average molecular weight is 993 g/mol. The molecule has 0 aliphatic rings. The van der Waals surface area contributed by atoms with Crippen LogP contribution in [0.15, 0.2) is 96.9 Å². The molecule has 0 saturated heterocycles. The number of nitrogens with zero attached hydrogens (tertiary/aromatic N) is 2. The first-order valence-corrected chi connectivity index (χ1v) is 20.7. The van der Waals surface area contributed by atoms with Gasteiger partial charge in [0.15, 0.2) is 5.78 Å². The fourth-order valence-corrected chi connectivity index (χ4v) is 7.11. The summed E-state index contributed by atoms with van der Waals surface area (Å²) >= 11 is 0. The molecule has 321 valence electrons. The first-order valence-electron chi connectivity index (χ1n) is 22.7. The number of rotatable bonds is 12. The number of aliphatic hydroxyl groups is 1. The molecule has 4 nitrogen and oxygen atoms in total. The van der Waals surface area contributed by atoms with Crippen molar-refractivity contribution in [3.05, 3.63) is 142 Å². The average Bonchev–Trinajstić information content (AvgIpc) is 3.22. The Morgan fingerprint density at radius 2 is 1.12 bits per heavy atom. The second-order valence-electron chi connectivity index (χ2n) is 16.0. The summed E-state index contributed by atoms with van der Waals surface area (Å²) in [6.07, 6.45) is 0.113. The minimum Gasteiger partial charge on any atom is -0.512 e. The van der Waals surface area contributed by atoms with E-state index in [2.05, 4.69) is 74.1 Å². The summed E-state index contributed by atoms with van der Waals surface area (Å²) in [5, 5.41) is 13.1. The number of hydrogen-bond acceptors (Lipinski definition) is 4. The van der Waals surface area contributed by atoms with Gasteiger partial charge in [-0.15, -0.1) is 69.8 Å². The van der Waals surface area contributed by atoms with Crippen LogP contribution in [0.25, 0.3) is 44.1 Å². The third-order valence-electron chi connectivity index (χ3n) is 10.5. The Morgan fingerprint density at radius 1 is 0.700 bits per heavy atom. The van der Waals surface area contributed by atoms with Crippen molar-refractivity contribution in [1.29, 1.82) is 0 Å². The van der Waals surface area contributed by atoms with Gasteiger partial charge in [-0.2, -0.15) is 0 Å². The number of alkyl halides is 2. The number of allylic oxidation sites excluding steroid dienone is 2. The van der Waals surface area contributed by atoms with E-state index in [0.29, 0.717) is 31.1 Å². The molecule has 4 aromatic carbocycles. The van der Waals surface area contributed by atoms with Gasteiger partial charge in [-0.3, -0.25) is 4.79 Å². The van der Waals surface area contributed by atoms with Gasteiger partial charge in [0, 0.05) is 56.8 Å². The topological polar surface area (TPSA) is 63.1 Å². The Morgan fingerprint density at radius 3 is 1.47 bits per heavy atom. The molecule has 0 fully saturated rings. The van der Waals surface area contributed by atoms with Crippen molar-refractivity contribution in [2.24, 2.45) is 11.8 Å². The third kappa shape index (κ3) is 13.7. The molecule has 0 amide bonds. The largest absolute Gasteiger partial charge is 0.512 e. The van der Waals surface area contributed by atoms with E-state index in [4.69, 9.17) is 5.48 Å². The van der Waals surface area contributed by atoms with E-state index in [1.807, 2.05) is 77.9 Å². The molecular weight excluding hydrogens is 927 g/mol. The molecule has 1 unspecified atom stereocenters. The van der Waals surface area contributed by atoms with Crippen LogP contribution in [0.5, 0.6) is 0 Å². The van der Waals surface area contributed by atoms with Crippen LogP contribution in [0.2, 0.25) is 0 Å². The summed E-state index contributed by atoms with van der Waals surface area (Å²) in [7, 11) is 0. The van der Waals surface area contributed by atoms with E-state index < -0.39 is 18.8 Å². The van der Waals surface area contributed by atoms with Gasteiger partial charge < -0.3 is 15.1 Å². The van der Waals surface area contributed by atoms with Crippen LogP contribution in [-0.2, 0) is 24.9 Å². The molecule has 60 heavy (non-hydrogen) atoms. The SMILES string of the molecule is CCC(CC)C(=O)/C=C(\O)C(CC)CC(F)F.[2H]c1nc(-c2[c-]c(C)cc(C)c2)c2ccc(C(C)C)cc2c1[2H].[2H]c1nc(-c2[c-]c(C)cc(C)c2)c2ccc(C(C)C)cc2c1[2H].[Ir]. The Labute approximate surface area is 377 Å². The maximum Gasteiger partial charge on any atom is 0.239 e. The molecule has 7 heteroatoms. The Kier molecular flexibility index (Phi) is 17.0. The number of aromatic nitrogens is 2. The Balaban J connectivity index is 0.000000257. The van der Waals surface area contributed by atoms with Gasteiger partial charge in [-0.1, -0.05) is 113 Å². The van der Waals surface area contributed by atoms with Crippen molar-refractivity contribution in [3.8, 4) is 22.5 Å². The first kappa shape index (κ1) is 43.5. The van der Waals surface area contributed by atoms with Crippen LogP contribution >= 0.6 is 0 Å². The maximum atomic E-state index is 12.2. The summed E-state index contributed by atoms with van der Waals surface area (Å²) < 4.78 is 57.0. The molecule has 0 aliphatic carbocycles. The smallest absolute Gasteiger partial charge is 0.239 e. The Hall–Kier alpha value is -4.58. The van der Waals surface area contributed by atoms with Gasteiger partial charge >= 0.3 is 0 Å². The molecule has 2 heterocycles. The summed E-state index contributed by atoms with van der Waals surface area (Å²) in [5.41, 5.74) is 9.99. The molecule has 1 radical (unpaired) electrons. The second kappa shape index (κ2) is 23.4. The van der Waals surface area contributed by atoms with Gasteiger partial charge in [-0.05, 0) is 87.2 Å². The number of hydrogen-bond donors (Lipinski definition) is 1. The van der Waals surface area contributed by atoms with E-state index in [1.165, 1.54) is 11.1 Å². The molecule has 0 bridgehead atoms. The number of aryl methyl sites for hydroxylation is 4. The van der Waals surface area contributed by atoms with Gasteiger partial charge in [0.05, 0.1) is 11.2 Å². The van der Waals surface area contributed by atoms with Crippen LogP contribution in [0.3, 0.4) is 0 Å². The van der Waals surface area contributed by atoms with E-state index in [-0.39, 0.29) is 62.0 Å². The molecule has 2 aromatic heterocycles. The normalized spacial score (nSPS) is 12.9. The van der Waals surface area contributed by atoms with E-state index in [1.54, 1.807) is 6.92 Å². The van der Waals surface area contributed by atoms with Crippen LogP contribution in [0, 0.1) is 51.7 Å². The molecule has 1 atom stereocenters. The van der Waals surface area contributed by atoms with Crippen LogP contribution in [-0.4, -0.2) is 27.3 Å². The zero-order valence-electron chi connectivity index (χ0n) is 40.9. The molecule has 1 N–H and O–H groups in total. The fourth-order valence-electron chi connectivity index (χ4n) is 7.11. The maximum absolute atomic E-state index is 12.2. The van der Waals surface area contributed by atoms with Crippen LogP contribution < -0.4 is 0 Å². The molecule has 6 aromatic rings. The first-order chi connectivity index (χ1) is 29.7. The summed E-state index contributed by atoms with van der Waals surface area (Å²) in [6.45, 7) is 22.1. The third-order valence-corrected chi connectivity index (χ3v) is 10.5. The molecule has 0 spiro atoms. The number of carbonyl (C=O) groups excluding carboxylic acids is 1. The predicted molar refractivity (Wildman–Crippen MR) is 243 cm³/mol. The molecule has 0 aliphatic heterocycles. The van der Waals surface area contributed by atoms with Crippen molar-refractivity contribution in [1.82, 2.24) is 9.97 Å². The summed E-state index contributed by atoms with van der Waals surface area (Å²) in [4.78, 5) is 20.4. The quantitative estimate of drug-likeness (QED) is 0.0754. The summed E-state index contributed by atoms with van der Waals surface area (Å²) in [5.74, 6) is -0.339. The number of pyridine rings is 2. The van der Waals surface area contributed by atoms with Crippen LogP contribution in [0.4, 0.5) is 8.78 Å². The van der Waals surface area contributed by atoms with Gasteiger partial charge in [0.1, 0.15) is 0 Å². The minimum absolute atomic E-state index is 0. The molecule has 0 saturated carbocycles. The zero-order valence-corrected chi connectivity index (χ0v) is 39.3. The molecule has 6 rings (SSSR count). The number of halogens is 2.